The van der Waals surface area contributed by atoms with Crippen LogP contribution in [-0.2, 0) is 6.42 Å². The average molecular weight is 206 g/mol. The minimum atomic E-state index is 0.219. The van der Waals surface area contributed by atoms with Crippen molar-refractivity contribution in [3.8, 4) is 0 Å². The zero-order chi connectivity index (χ0) is 10.5. The van der Waals surface area contributed by atoms with Gasteiger partial charge in [-0.2, -0.15) is 0 Å². The maximum atomic E-state index is 8.75. The van der Waals surface area contributed by atoms with E-state index in [1.54, 1.807) is 0 Å². The minimum absolute atomic E-state index is 0.219. The first-order valence-electron chi connectivity index (χ1n) is 5.83. The summed E-state index contributed by atoms with van der Waals surface area (Å²) in [5.41, 5.74) is 1.20. The molecular weight excluding hydrogens is 188 g/mol. The van der Waals surface area contributed by atoms with E-state index in [1.165, 1.54) is 31.4 Å². The molecule has 82 valence electrons. The Labute approximate surface area is 90.6 Å². The first-order chi connectivity index (χ1) is 7.40. The standard InChI is InChI=1S/C12H18N2O/c15-9-3-6-12-13-8-7-11(14-12)10-4-1-2-5-10/h7-8,10,15H,1-6,9H2. The molecule has 1 aliphatic rings. The van der Waals surface area contributed by atoms with Gasteiger partial charge < -0.3 is 5.11 Å². The van der Waals surface area contributed by atoms with Crippen LogP contribution in [0.4, 0.5) is 0 Å². The Morgan fingerprint density at radius 3 is 2.87 bits per heavy atom. The van der Waals surface area contributed by atoms with Crippen LogP contribution in [0.2, 0.25) is 0 Å². The fourth-order valence-corrected chi connectivity index (χ4v) is 2.22. The number of rotatable bonds is 4. The second-order valence-electron chi connectivity index (χ2n) is 4.21. The van der Waals surface area contributed by atoms with Crippen molar-refractivity contribution in [1.82, 2.24) is 9.97 Å². The molecule has 0 saturated heterocycles. The molecule has 0 unspecified atom stereocenters. The van der Waals surface area contributed by atoms with Crippen LogP contribution in [-0.4, -0.2) is 21.7 Å². The summed E-state index contributed by atoms with van der Waals surface area (Å²) in [7, 11) is 0. The summed E-state index contributed by atoms with van der Waals surface area (Å²) >= 11 is 0. The third kappa shape index (κ3) is 2.75. The van der Waals surface area contributed by atoms with E-state index in [0.29, 0.717) is 5.92 Å². The Balaban J connectivity index is 2.04. The largest absolute Gasteiger partial charge is 0.396 e. The molecule has 15 heavy (non-hydrogen) atoms. The van der Waals surface area contributed by atoms with Gasteiger partial charge in [-0.3, -0.25) is 0 Å². The van der Waals surface area contributed by atoms with E-state index >= 15 is 0 Å². The normalized spacial score (nSPS) is 17.1. The highest BCUT2D eigenvalue weighted by Gasteiger charge is 2.18. The Hall–Kier alpha value is -0.960. The fraction of sp³-hybridized carbons (Fsp3) is 0.667. The van der Waals surface area contributed by atoms with Gasteiger partial charge in [-0.25, -0.2) is 9.97 Å². The molecule has 0 bridgehead atoms. The van der Waals surface area contributed by atoms with Gasteiger partial charge in [0.15, 0.2) is 0 Å². The van der Waals surface area contributed by atoms with Crippen molar-refractivity contribution in [2.45, 2.75) is 44.4 Å². The van der Waals surface area contributed by atoms with Crippen molar-refractivity contribution in [2.24, 2.45) is 0 Å². The van der Waals surface area contributed by atoms with Crippen molar-refractivity contribution < 1.29 is 5.11 Å². The van der Waals surface area contributed by atoms with Gasteiger partial charge in [0.25, 0.3) is 0 Å². The first kappa shape index (κ1) is 10.6. The SMILES string of the molecule is OCCCc1nccc(C2CCCC2)n1. The fourth-order valence-electron chi connectivity index (χ4n) is 2.22. The van der Waals surface area contributed by atoms with Gasteiger partial charge in [-0.15, -0.1) is 0 Å². The topological polar surface area (TPSA) is 46.0 Å². The molecule has 1 aromatic heterocycles. The van der Waals surface area contributed by atoms with Crippen molar-refractivity contribution in [3.05, 3.63) is 23.8 Å². The van der Waals surface area contributed by atoms with E-state index in [2.05, 4.69) is 9.97 Å². The highest BCUT2D eigenvalue weighted by atomic mass is 16.2. The van der Waals surface area contributed by atoms with Crippen LogP contribution in [0.1, 0.15) is 49.5 Å². The smallest absolute Gasteiger partial charge is 0.128 e. The Bertz CT molecular complexity index is 308. The highest BCUT2D eigenvalue weighted by molar-refractivity contribution is 5.10. The van der Waals surface area contributed by atoms with Crippen LogP contribution in [0.25, 0.3) is 0 Å². The zero-order valence-corrected chi connectivity index (χ0v) is 9.02. The van der Waals surface area contributed by atoms with Crippen LogP contribution in [0.5, 0.6) is 0 Å². The predicted molar refractivity (Wildman–Crippen MR) is 58.6 cm³/mol. The number of aliphatic hydroxyl groups excluding tert-OH is 1. The summed E-state index contributed by atoms with van der Waals surface area (Å²) in [5, 5.41) is 8.75. The Kier molecular flexibility index (Phi) is 3.67. The number of aliphatic hydroxyl groups is 1. The molecule has 3 heteroatoms. The van der Waals surface area contributed by atoms with Crippen molar-refractivity contribution >= 4 is 0 Å². The van der Waals surface area contributed by atoms with Crippen LogP contribution < -0.4 is 0 Å². The molecule has 1 aromatic rings. The average Bonchev–Trinajstić information content (AvgIpc) is 2.80. The molecule has 1 saturated carbocycles. The summed E-state index contributed by atoms with van der Waals surface area (Å²) < 4.78 is 0. The lowest BCUT2D eigenvalue weighted by Crippen LogP contribution is -2.03. The molecule has 0 aliphatic heterocycles. The van der Waals surface area contributed by atoms with Gasteiger partial charge in [0.1, 0.15) is 5.82 Å². The molecule has 1 heterocycles. The van der Waals surface area contributed by atoms with E-state index in [1.807, 2.05) is 12.3 Å². The van der Waals surface area contributed by atoms with Crippen LogP contribution in [0.15, 0.2) is 12.3 Å². The monoisotopic (exact) mass is 206 g/mol. The first-order valence-corrected chi connectivity index (χ1v) is 5.83. The molecule has 0 amide bonds. The maximum Gasteiger partial charge on any atom is 0.128 e. The van der Waals surface area contributed by atoms with Gasteiger partial charge >= 0.3 is 0 Å². The number of hydrogen-bond donors (Lipinski definition) is 1. The number of hydrogen-bond acceptors (Lipinski definition) is 3. The highest BCUT2D eigenvalue weighted by Crippen LogP contribution is 2.32. The maximum absolute atomic E-state index is 8.75. The molecule has 1 aliphatic carbocycles. The summed E-state index contributed by atoms with van der Waals surface area (Å²) in [6.45, 7) is 0.219. The van der Waals surface area contributed by atoms with Gasteiger partial charge in [-0.05, 0) is 25.3 Å². The van der Waals surface area contributed by atoms with E-state index in [0.717, 1.165) is 18.7 Å². The molecule has 0 aromatic carbocycles. The van der Waals surface area contributed by atoms with Crippen LogP contribution >= 0.6 is 0 Å². The molecule has 2 rings (SSSR count). The molecule has 1 N–H and O–H groups in total. The predicted octanol–water partition coefficient (Wildman–Crippen LogP) is 2.06. The molecule has 3 nitrogen and oxygen atoms in total. The van der Waals surface area contributed by atoms with Gasteiger partial charge in [0.2, 0.25) is 0 Å². The van der Waals surface area contributed by atoms with Gasteiger partial charge in [0.05, 0.1) is 0 Å². The van der Waals surface area contributed by atoms with Crippen molar-refractivity contribution in [3.63, 3.8) is 0 Å². The van der Waals surface area contributed by atoms with Gasteiger partial charge in [0, 0.05) is 30.8 Å². The third-order valence-corrected chi connectivity index (χ3v) is 3.06. The number of aryl methyl sites for hydroxylation is 1. The summed E-state index contributed by atoms with van der Waals surface area (Å²) in [4.78, 5) is 8.80. The summed E-state index contributed by atoms with van der Waals surface area (Å²) in [6, 6.07) is 2.04. The van der Waals surface area contributed by atoms with Gasteiger partial charge in [-0.1, -0.05) is 12.8 Å². The van der Waals surface area contributed by atoms with E-state index in [9.17, 15) is 0 Å². The number of nitrogens with zero attached hydrogens (tertiary/aromatic N) is 2. The molecule has 0 spiro atoms. The van der Waals surface area contributed by atoms with Crippen molar-refractivity contribution in [1.29, 1.82) is 0 Å². The van der Waals surface area contributed by atoms with E-state index in [-0.39, 0.29) is 6.61 Å². The zero-order valence-electron chi connectivity index (χ0n) is 9.02. The molecule has 0 radical (unpaired) electrons. The summed E-state index contributed by atoms with van der Waals surface area (Å²) in [6.07, 6.45) is 8.62. The summed E-state index contributed by atoms with van der Waals surface area (Å²) in [5.74, 6) is 1.54. The quantitative estimate of drug-likeness (QED) is 0.820. The lowest BCUT2D eigenvalue weighted by molar-refractivity contribution is 0.287. The minimum Gasteiger partial charge on any atom is -0.396 e. The Morgan fingerprint density at radius 2 is 2.13 bits per heavy atom. The third-order valence-electron chi connectivity index (χ3n) is 3.06. The van der Waals surface area contributed by atoms with Crippen LogP contribution in [0.3, 0.4) is 0 Å². The van der Waals surface area contributed by atoms with E-state index in [4.69, 9.17) is 5.11 Å². The molecular formula is C12H18N2O. The second kappa shape index (κ2) is 5.21. The second-order valence-corrected chi connectivity index (χ2v) is 4.21. The van der Waals surface area contributed by atoms with Crippen LogP contribution in [0, 0.1) is 0 Å². The molecule has 0 atom stereocenters. The molecule has 1 fully saturated rings. The van der Waals surface area contributed by atoms with Crippen molar-refractivity contribution in [2.75, 3.05) is 6.61 Å². The Morgan fingerprint density at radius 1 is 1.33 bits per heavy atom. The van der Waals surface area contributed by atoms with E-state index < -0.39 is 0 Å². The lowest BCUT2D eigenvalue weighted by atomic mass is 10.0. The number of aromatic nitrogens is 2. The lowest BCUT2D eigenvalue weighted by Gasteiger charge is -2.08.